The van der Waals surface area contributed by atoms with Gasteiger partial charge in [-0.1, -0.05) is 66.7 Å². The summed E-state index contributed by atoms with van der Waals surface area (Å²) in [7, 11) is 0. The Kier molecular flexibility index (Phi) is 7.46. The van der Waals surface area contributed by atoms with Gasteiger partial charge >= 0.3 is 5.97 Å². The minimum absolute atomic E-state index is 0.165. The number of hydrogen-bond donors (Lipinski definition) is 3. The van der Waals surface area contributed by atoms with Crippen molar-refractivity contribution in [1.29, 1.82) is 0 Å². The first kappa shape index (κ1) is 22.8. The van der Waals surface area contributed by atoms with Gasteiger partial charge in [0.15, 0.2) is 17.0 Å². The summed E-state index contributed by atoms with van der Waals surface area (Å²) in [5.41, 5.74) is 0.0339. The molecule has 3 N–H and O–H groups in total. The van der Waals surface area contributed by atoms with Gasteiger partial charge in [0.05, 0.1) is 6.61 Å². The zero-order chi connectivity index (χ0) is 23.0. The molecule has 3 rings (SSSR count). The van der Waals surface area contributed by atoms with E-state index < -0.39 is 24.0 Å². The van der Waals surface area contributed by atoms with Gasteiger partial charge in [-0.15, -0.1) is 0 Å². The first-order valence-corrected chi connectivity index (χ1v) is 10.1. The highest BCUT2D eigenvalue weighted by Gasteiger charge is 2.41. The van der Waals surface area contributed by atoms with Crippen LogP contribution < -0.4 is 14.8 Å². The van der Waals surface area contributed by atoms with Crippen LogP contribution in [0.4, 0.5) is 0 Å². The molecule has 0 saturated carbocycles. The van der Waals surface area contributed by atoms with Crippen LogP contribution in [-0.4, -0.2) is 28.7 Å². The zero-order valence-corrected chi connectivity index (χ0v) is 17.7. The Morgan fingerprint density at radius 2 is 1.38 bits per heavy atom. The molecule has 1 atom stereocenters. The van der Waals surface area contributed by atoms with E-state index in [0.29, 0.717) is 11.5 Å². The Morgan fingerprint density at radius 3 is 1.84 bits per heavy atom. The number of hydrogen-bond acceptors (Lipinski definition) is 5. The molecule has 7 nitrogen and oxygen atoms in total. The quantitative estimate of drug-likeness (QED) is 0.452. The number of aliphatic carboxylic acids is 1. The van der Waals surface area contributed by atoms with E-state index in [1.165, 1.54) is 19.1 Å². The summed E-state index contributed by atoms with van der Waals surface area (Å²) in [5, 5.41) is 22.1. The molecule has 3 aromatic rings. The normalized spacial score (nSPS) is 12.4. The van der Waals surface area contributed by atoms with Crippen molar-refractivity contribution in [1.82, 2.24) is 5.32 Å². The molecule has 0 saturated heterocycles. The number of carbonyl (C=O) groups excluding carboxylic acids is 1. The van der Waals surface area contributed by atoms with Gasteiger partial charge in [0.1, 0.15) is 13.2 Å². The highest BCUT2D eigenvalue weighted by molar-refractivity contribution is 5.87. The molecule has 0 heterocycles. The zero-order valence-electron chi connectivity index (χ0n) is 17.7. The highest BCUT2D eigenvalue weighted by Crippen LogP contribution is 2.34. The lowest BCUT2D eigenvalue weighted by molar-refractivity contribution is -0.150. The molecule has 166 valence electrons. The first-order chi connectivity index (χ1) is 15.4. The predicted octanol–water partition coefficient (Wildman–Crippen LogP) is 3.25. The predicted molar refractivity (Wildman–Crippen MR) is 118 cm³/mol. The summed E-state index contributed by atoms with van der Waals surface area (Å²) < 4.78 is 11.9. The van der Waals surface area contributed by atoms with Gasteiger partial charge in [0, 0.05) is 6.92 Å². The highest BCUT2D eigenvalue weighted by atomic mass is 16.5. The van der Waals surface area contributed by atoms with Gasteiger partial charge in [0.2, 0.25) is 5.91 Å². The Hall–Kier alpha value is -3.84. The minimum atomic E-state index is -2.01. The molecule has 1 amide bonds. The van der Waals surface area contributed by atoms with Crippen LogP contribution in [0.2, 0.25) is 0 Å². The van der Waals surface area contributed by atoms with Gasteiger partial charge in [-0.3, -0.25) is 4.79 Å². The Morgan fingerprint density at radius 1 is 0.844 bits per heavy atom. The number of nitrogens with one attached hydrogen (secondary N) is 1. The molecular formula is C25H25NO6. The second-order valence-corrected chi connectivity index (χ2v) is 7.26. The molecule has 7 heteroatoms. The Labute approximate surface area is 186 Å². The van der Waals surface area contributed by atoms with E-state index in [2.05, 4.69) is 5.32 Å². The lowest BCUT2D eigenvalue weighted by Gasteiger charge is -2.29. The van der Waals surface area contributed by atoms with Crippen LogP contribution in [-0.2, 0) is 28.3 Å². The summed E-state index contributed by atoms with van der Waals surface area (Å²) in [6.07, 6.45) is 0. The third kappa shape index (κ3) is 5.44. The van der Waals surface area contributed by atoms with E-state index in [-0.39, 0.29) is 18.8 Å². The maximum Gasteiger partial charge on any atom is 0.336 e. The molecule has 1 unspecified atom stereocenters. The van der Waals surface area contributed by atoms with E-state index in [0.717, 1.165) is 11.1 Å². The number of benzene rings is 3. The molecule has 0 radical (unpaired) electrons. The summed E-state index contributed by atoms with van der Waals surface area (Å²) >= 11 is 0. The number of carbonyl (C=O) groups is 2. The van der Waals surface area contributed by atoms with Gasteiger partial charge < -0.3 is 25.0 Å². The Balaban J connectivity index is 1.95. The number of carboxylic acids is 1. The van der Waals surface area contributed by atoms with Crippen LogP contribution in [0.5, 0.6) is 11.5 Å². The van der Waals surface area contributed by atoms with Crippen molar-refractivity contribution in [2.45, 2.75) is 25.7 Å². The second-order valence-electron chi connectivity index (χ2n) is 7.26. The van der Waals surface area contributed by atoms with Crippen molar-refractivity contribution in [3.63, 3.8) is 0 Å². The number of aliphatic hydroxyl groups excluding tert-OH is 1. The van der Waals surface area contributed by atoms with Gasteiger partial charge in [0.25, 0.3) is 0 Å². The smallest absolute Gasteiger partial charge is 0.336 e. The van der Waals surface area contributed by atoms with Crippen LogP contribution in [0.1, 0.15) is 23.6 Å². The van der Waals surface area contributed by atoms with E-state index >= 15 is 0 Å². The molecule has 0 aliphatic rings. The molecule has 0 fully saturated rings. The largest absolute Gasteiger partial charge is 0.485 e. The van der Waals surface area contributed by atoms with Crippen LogP contribution in [0.15, 0.2) is 78.9 Å². The van der Waals surface area contributed by atoms with Crippen molar-refractivity contribution in [2.75, 3.05) is 6.61 Å². The molecule has 0 aromatic heterocycles. The SMILES string of the molecule is CC(=O)NC(CO)(C(=O)O)c1ccc(OCc2ccccc2)c(OCc2ccccc2)c1. The van der Waals surface area contributed by atoms with Crippen LogP contribution in [0, 0.1) is 0 Å². The standard InChI is InChI=1S/C25H25NO6/c1-18(28)26-25(17-27,24(29)30)21-12-13-22(31-15-19-8-4-2-5-9-19)23(14-21)32-16-20-10-6-3-7-11-20/h2-14,27H,15-17H2,1H3,(H,26,28)(H,29,30). The topological polar surface area (TPSA) is 105 Å². The number of aliphatic hydroxyl groups is 1. The molecule has 0 aliphatic heterocycles. The van der Waals surface area contributed by atoms with Crippen molar-refractivity contribution < 1.29 is 29.3 Å². The number of amides is 1. The van der Waals surface area contributed by atoms with Crippen molar-refractivity contribution >= 4 is 11.9 Å². The fourth-order valence-electron chi connectivity index (χ4n) is 3.22. The number of carboxylic acid groups (broad SMARTS) is 1. The average molecular weight is 435 g/mol. The lowest BCUT2D eigenvalue weighted by atomic mass is 9.90. The van der Waals surface area contributed by atoms with E-state index in [1.54, 1.807) is 6.07 Å². The lowest BCUT2D eigenvalue weighted by Crippen LogP contribution is -2.54. The summed E-state index contributed by atoms with van der Waals surface area (Å²) in [6, 6.07) is 23.6. The molecule has 0 bridgehead atoms. The molecule has 32 heavy (non-hydrogen) atoms. The van der Waals surface area contributed by atoms with Gasteiger partial charge in [-0.05, 0) is 28.8 Å². The van der Waals surface area contributed by atoms with Crippen molar-refractivity contribution in [2.24, 2.45) is 0 Å². The van der Waals surface area contributed by atoms with Crippen LogP contribution in [0.3, 0.4) is 0 Å². The van der Waals surface area contributed by atoms with E-state index in [1.807, 2.05) is 60.7 Å². The number of rotatable bonds is 10. The molecular weight excluding hydrogens is 410 g/mol. The minimum Gasteiger partial charge on any atom is -0.485 e. The van der Waals surface area contributed by atoms with Crippen molar-refractivity contribution in [3.8, 4) is 11.5 Å². The van der Waals surface area contributed by atoms with E-state index in [9.17, 15) is 19.8 Å². The molecule has 0 aliphatic carbocycles. The molecule has 3 aromatic carbocycles. The van der Waals surface area contributed by atoms with Gasteiger partial charge in [-0.25, -0.2) is 4.79 Å². The third-order valence-electron chi connectivity index (χ3n) is 4.90. The van der Waals surface area contributed by atoms with Crippen LogP contribution >= 0.6 is 0 Å². The van der Waals surface area contributed by atoms with Crippen molar-refractivity contribution in [3.05, 3.63) is 95.6 Å². The first-order valence-electron chi connectivity index (χ1n) is 10.1. The monoisotopic (exact) mass is 435 g/mol. The summed E-state index contributed by atoms with van der Waals surface area (Å²) in [5.74, 6) is -1.26. The fourth-order valence-corrected chi connectivity index (χ4v) is 3.22. The maximum atomic E-state index is 12.0. The third-order valence-corrected chi connectivity index (χ3v) is 4.90. The average Bonchev–Trinajstić information content (AvgIpc) is 2.81. The maximum absolute atomic E-state index is 12.0. The number of ether oxygens (including phenoxy) is 2. The molecule has 0 spiro atoms. The van der Waals surface area contributed by atoms with Crippen LogP contribution in [0.25, 0.3) is 0 Å². The summed E-state index contributed by atoms with van der Waals surface area (Å²) in [4.78, 5) is 23.7. The second kappa shape index (κ2) is 10.5. The fraction of sp³-hybridized carbons (Fsp3) is 0.200. The Bertz CT molecular complexity index is 1050. The van der Waals surface area contributed by atoms with Gasteiger partial charge in [-0.2, -0.15) is 0 Å². The summed E-state index contributed by atoms with van der Waals surface area (Å²) in [6.45, 7) is 0.880. The van der Waals surface area contributed by atoms with E-state index in [4.69, 9.17) is 9.47 Å².